The van der Waals surface area contributed by atoms with Gasteiger partial charge in [0.05, 0.1) is 22.6 Å². The molecule has 2 heterocycles. The highest BCUT2D eigenvalue weighted by Crippen LogP contribution is 2.17. The first-order valence-electron chi connectivity index (χ1n) is 8.24. The molecule has 7 heteroatoms. The Morgan fingerprint density at radius 1 is 1.24 bits per heavy atom. The molecule has 126 valence electrons. The number of rotatable bonds is 4. The Hall–Kier alpha value is -3.22. The third-order valence-electron chi connectivity index (χ3n) is 4.24. The Morgan fingerprint density at radius 3 is 2.88 bits per heavy atom. The van der Waals surface area contributed by atoms with Crippen molar-refractivity contribution in [3.05, 3.63) is 53.9 Å². The lowest BCUT2D eigenvalue weighted by atomic mass is 10.1. The second-order valence-corrected chi connectivity index (χ2v) is 5.94. The van der Waals surface area contributed by atoms with Crippen molar-refractivity contribution < 1.29 is 4.79 Å². The number of benzene rings is 2. The van der Waals surface area contributed by atoms with Crippen LogP contribution in [0.2, 0.25) is 0 Å². The zero-order valence-electron chi connectivity index (χ0n) is 14.0. The maximum atomic E-state index is 12.6. The molecule has 1 unspecified atom stereocenters. The quantitative estimate of drug-likeness (QED) is 0.600. The van der Waals surface area contributed by atoms with Crippen LogP contribution in [0.25, 0.3) is 22.1 Å². The fourth-order valence-corrected chi connectivity index (χ4v) is 2.87. The Balaban J connectivity index is 1.56. The zero-order valence-corrected chi connectivity index (χ0v) is 14.0. The molecule has 4 rings (SSSR count). The minimum atomic E-state index is -0.234. The predicted molar refractivity (Wildman–Crippen MR) is 95.2 cm³/mol. The number of hydrogen-bond acceptors (Lipinski definition) is 4. The molecular formula is C18H18N6O. The van der Waals surface area contributed by atoms with E-state index in [2.05, 4.69) is 25.6 Å². The number of carbonyl (C=O) groups excluding carboxylic acids is 1. The lowest BCUT2D eigenvalue weighted by Gasteiger charge is -2.11. The average Bonchev–Trinajstić information content (AvgIpc) is 3.24. The van der Waals surface area contributed by atoms with E-state index in [1.165, 1.54) is 0 Å². The van der Waals surface area contributed by atoms with Crippen LogP contribution >= 0.6 is 0 Å². The van der Waals surface area contributed by atoms with Gasteiger partial charge in [0.15, 0.2) is 0 Å². The molecule has 0 radical (unpaired) electrons. The highest BCUT2D eigenvalue weighted by Gasteiger charge is 2.16. The van der Waals surface area contributed by atoms with E-state index in [-0.39, 0.29) is 11.9 Å². The van der Waals surface area contributed by atoms with Gasteiger partial charge in [0.2, 0.25) is 0 Å². The largest absolute Gasteiger partial charge is 0.342 e. The zero-order chi connectivity index (χ0) is 17.4. The summed E-state index contributed by atoms with van der Waals surface area (Å²) in [7, 11) is 0. The maximum Gasteiger partial charge on any atom is 0.251 e. The van der Waals surface area contributed by atoms with E-state index in [9.17, 15) is 4.79 Å². The van der Waals surface area contributed by atoms with Crippen LogP contribution in [0.15, 0.2) is 42.5 Å². The number of H-pyrrole nitrogens is 1. The summed E-state index contributed by atoms with van der Waals surface area (Å²) in [6, 6.07) is 13.0. The molecule has 0 saturated heterocycles. The number of nitrogens with zero attached hydrogens (tertiary/aromatic N) is 4. The van der Waals surface area contributed by atoms with Gasteiger partial charge >= 0.3 is 0 Å². The molecule has 0 aliphatic rings. The molecular weight excluding hydrogens is 316 g/mol. The molecule has 0 aliphatic carbocycles. The van der Waals surface area contributed by atoms with Crippen LogP contribution in [0.4, 0.5) is 0 Å². The van der Waals surface area contributed by atoms with Crippen molar-refractivity contribution in [1.29, 1.82) is 0 Å². The number of amides is 1. The number of aromatic nitrogens is 5. The topological polar surface area (TPSA) is 88.5 Å². The molecule has 0 aliphatic heterocycles. The number of carbonyl (C=O) groups is 1. The summed E-state index contributed by atoms with van der Waals surface area (Å²) in [6.07, 6.45) is 0. The van der Waals surface area contributed by atoms with Crippen LogP contribution < -0.4 is 5.32 Å². The smallest absolute Gasteiger partial charge is 0.251 e. The maximum absolute atomic E-state index is 12.6. The lowest BCUT2D eigenvalue weighted by molar-refractivity contribution is 0.0938. The van der Waals surface area contributed by atoms with Gasteiger partial charge in [-0.3, -0.25) is 4.79 Å². The van der Waals surface area contributed by atoms with Crippen LogP contribution in [0.5, 0.6) is 0 Å². The number of aryl methyl sites for hydroxylation is 1. The van der Waals surface area contributed by atoms with Gasteiger partial charge < -0.3 is 10.3 Å². The number of nitrogens with one attached hydrogen (secondary N) is 2. The fourth-order valence-electron chi connectivity index (χ4n) is 2.87. The normalized spacial score (nSPS) is 12.6. The third kappa shape index (κ3) is 2.73. The predicted octanol–water partition coefficient (Wildman–Crippen LogP) is 2.82. The first-order valence-corrected chi connectivity index (χ1v) is 8.24. The van der Waals surface area contributed by atoms with E-state index in [0.717, 1.165) is 28.9 Å². The molecule has 7 nitrogen and oxygen atoms in total. The van der Waals surface area contributed by atoms with E-state index in [1.54, 1.807) is 16.8 Å². The first-order chi connectivity index (χ1) is 12.2. The van der Waals surface area contributed by atoms with Crippen molar-refractivity contribution in [1.82, 2.24) is 30.3 Å². The summed E-state index contributed by atoms with van der Waals surface area (Å²) >= 11 is 0. The molecule has 2 aromatic heterocycles. The Morgan fingerprint density at radius 2 is 2.08 bits per heavy atom. The highest BCUT2D eigenvalue weighted by atomic mass is 16.1. The minimum Gasteiger partial charge on any atom is -0.342 e. The van der Waals surface area contributed by atoms with Gasteiger partial charge in [-0.15, -0.1) is 5.10 Å². The van der Waals surface area contributed by atoms with Crippen molar-refractivity contribution in [3.63, 3.8) is 0 Å². The van der Waals surface area contributed by atoms with Gasteiger partial charge in [-0.05, 0) is 44.2 Å². The summed E-state index contributed by atoms with van der Waals surface area (Å²) in [5.41, 5.74) is 4.03. The lowest BCUT2D eigenvalue weighted by Crippen LogP contribution is -2.27. The first kappa shape index (κ1) is 15.3. The SMILES string of the molecule is CCn1nnc2cc(C(=O)NC(C)c3nc4ccccc4[nH]3)ccc21. The third-order valence-corrected chi connectivity index (χ3v) is 4.24. The van der Waals surface area contributed by atoms with Gasteiger partial charge in [0.1, 0.15) is 11.3 Å². The molecule has 0 fully saturated rings. The number of fused-ring (bicyclic) bond motifs is 2. The fraction of sp³-hybridized carbons (Fsp3) is 0.222. The van der Waals surface area contributed by atoms with Crippen LogP contribution in [0, 0.1) is 0 Å². The van der Waals surface area contributed by atoms with Crippen molar-refractivity contribution in [3.8, 4) is 0 Å². The van der Waals surface area contributed by atoms with Gasteiger partial charge in [0, 0.05) is 12.1 Å². The van der Waals surface area contributed by atoms with Crippen molar-refractivity contribution in [2.75, 3.05) is 0 Å². The van der Waals surface area contributed by atoms with Gasteiger partial charge in [-0.1, -0.05) is 17.3 Å². The Labute approximate surface area is 144 Å². The molecule has 0 saturated carbocycles. The molecule has 1 atom stereocenters. The number of imidazole rings is 1. The molecule has 0 spiro atoms. The van der Waals surface area contributed by atoms with E-state index in [0.29, 0.717) is 11.1 Å². The number of para-hydroxylation sites is 2. The average molecular weight is 334 g/mol. The van der Waals surface area contributed by atoms with E-state index in [4.69, 9.17) is 0 Å². The molecule has 2 aromatic carbocycles. The molecule has 2 N–H and O–H groups in total. The molecule has 4 aromatic rings. The summed E-state index contributed by atoms with van der Waals surface area (Å²) in [5.74, 6) is 0.563. The summed E-state index contributed by atoms with van der Waals surface area (Å²) in [6.45, 7) is 4.65. The second kappa shape index (κ2) is 6.01. The molecule has 25 heavy (non-hydrogen) atoms. The minimum absolute atomic E-state index is 0.166. The van der Waals surface area contributed by atoms with Crippen molar-refractivity contribution >= 4 is 28.0 Å². The van der Waals surface area contributed by atoms with Gasteiger partial charge in [-0.2, -0.15) is 0 Å². The van der Waals surface area contributed by atoms with Crippen LogP contribution in [-0.2, 0) is 6.54 Å². The summed E-state index contributed by atoms with van der Waals surface area (Å²) < 4.78 is 1.80. The van der Waals surface area contributed by atoms with Crippen LogP contribution in [0.1, 0.15) is 36.1 Å². The monoisotopic (exact) mass is 334 g/mol. The standard InChI is InChI=1S/C18H18N6O/c1-3-24-16-9-8-12(10-15(16)22-23-24)18(25)19-11(2)17-20-13-6-4-5-7-14(13)21-17/h4-11H,3H2,1-2H3,(H,19,25)(H,20,21). The summed E-state index contributed by atoms with van der Waals surface area (Å²) in [5, 5.41) is 11.2. The number of hydrogen-bond donors (Lipinski definition) is 2. The van der Waals surface area contributed by atoms with E-state index < -0.39 is 0 Å². The van der Waals surface area contributed by atoms with Crippen molar-refractivity contribution in [2.24, 2.45) is 0 Å². The van der Waals surface area contributed by atoms with Gasteiger partial charge in [0.25, 0.3) is 5.91 Å². The second-order valence-electron chi connectivity index (χ2n) is 5.94. The Bertz CT molecular complexity index is 1030. The van der Waals surface area contributed by atoms with Crippen LogP contribution in [-0.4, -0.2) is 30.9 Å². The summed E-state index contributed by atoms with van der Waals surface area (Å²) in [4.78, 5) is 20.3. The van der Waals surface area contributed by atoms with Gasteiger partial charge in [-0.25, -0.2) is 9.67 Å². The van der Waals surface area contributed by atoms with E-state index >= 15 is 0 Å². The van der Waals surface area contributed by atoms with E-state index in [1.807, 2.05) is 44.2 Å². The highest BCUT2D eigenvalue weighted by molar-refractivity contribution is 5.97. The van der Waals surface area contributed by atoms with Crippen LogP contribution in [0.3, 0.4) is 0 Å². The number of aromatic amines is 1. The Kier molecular flexibility index (Phi) is 3.68. The molecule has 0 bridgehead atoms. The molecule has 1 amide bonds. The van der Waals surface area contributed by atoms with Crippen molar-refractivity contribution in [2.45, 2.75) is 26.4 Å².